The number of amides is 1. The zero-order valence-electron chi connectivity index (χ0n) is 11.6. The number of nitrogens with zero attached hydrogens (tertiary/aromatic N) is 2. The Balaban J connectivity index is 1.90. The molecule has 1 heterocycles. The van der Waals surface area contributed by atoms with Crippen LogP contribution in [0, 0.1) is 0 Å². The van der Waals surface area contributed by atoms with E-state index >= 15 is 0 Å². The summed E-state index contributed by atoms with van der Waals surface area (Å²) >= 11 is 0. The molecule has 5 heteroatoms. The lowest BCUT2D eigenvalue weighted by Crippen LogP contribution is -2.38. The third-order valence-corrected chi connectivity index (χ3v) is 3.12. The average Bonchev–Trinajstić information content (AvgIpc) is 2.91. The van der Waals surface area contributed by atoms with Crippen LogP contribution in [0.4, 0.5) is 0 Å². The molecule has 0 aliphatic heterocycles. The highest BCUT2D eigenvalue weighted by Gasteiger charge is 2.09. The van der Waals surface area contributed by atoms with Crippen LogP contribution in [-0.2, 0) is 24.3 Å². The number of aromatic nitrogens is 2. The van der Waals surface area contributed by atoms with Gasteiger partial charge in [-0.15, -0.1) is 0 Å². The minimum atomic E-state index is -0.497. The minimum Gasteiger partial charge on any atom is -0.348 e. The fourth-order valence-electron chi connectivity index (χ4n) is 1.93. The molecule has 1 aromatic carbocycles. The van der Waals surface area contributed by atoms with Gasteiger partial charge in [-0.3, -0.25) is 4.79 Å². The summed E-state index contributed by atoms with van der Waals surface area (Å²) in [7, 11) is 0. The number of nitrogens with two attached hydrogens (primary N) is 1. The summed E-state index contributed by atoms with van der Waals surface area (Å²) in [5, 5.41) is 2.78. The lowest BCUT2D eigenvalue weighted by molar-refractivity contribution is -0.122. The van der Waals surface area contributed by atoms with Crippen LogP contribution in [0.2, 0.25) is 0 Å². The molecule has 3 N–H and O–H groups in total. The number of rotatable bonds is 6. The molecule has 0 saturated carbocycles. The standard InChI is InChI=1S/C15H20N4O/c1-12(16)15(20)18-11-14-17-8-10-19(14)9-7-13-5-3-2-4-6-13/h2-6,8,10,12H,7,9,11,16H2,1H3,(H,18,20). The third kappa shape index (κ3) is 3.93. The van der Waals surface area contributed by atoms with Crippen molar-refractivity contribution in [2.75, 3.05) is 0 Å². The van der Waals surface area contributed by atoms with Gasteiger partial charge in [0.2, 0.25) is 5.91 Å². The SMILES string of the molecule is CC(N)C(=O)NCc1nccn1CCc1ccccc1. The Morgan fingerprint density at radius 3 is 2.85 bits per heavy atom. The van der Waals surface area contributed by atoms with Gasteiger partial charge in [-0.25, -0.2) is 4.98 Å². The van der Waals surface area contributed by atoms with E-state index in [4.69, 9.17) is 5.73 Å². The van der Waals surface area contributed by atoms with Crippen LogP contribution < -0.4 is 11.1 Å². The van der Waals surface area contributed by atoms with Gasteiger partial charge in [0.15, 0.2) is 0 Å². The van der Waals surface area contributed by atoms with Gasteiger partial charge in [-0.2, -0.15) is 0 Å². The maximum Gasteiger partial charge on any atom is 0.237 e. The van der Waals surface area contributed by atoms with Crippen LogP contribution in [0.25, 0.3) is 0 Å². The second kappa shape index (κ2) is 6.86. The monoisotopic (exact) mass is 272 g/mol. The van der Waals surface area contributed by atoms with Crippen LogP contribution >= 0.6 is 0 Å². The molecular formula is C15H20N4O. The topological polar surface area (TPSA) is 72.9 Å². The first-order valence-corrected chi connectivity index (χ1v) is 6.74. The molecular weight excluding hydrogens is 252 g/mol. The Labute approximate surface area is 118 Å². The van der Waals surface area contributed by atoms with Gasteiger partial charge < -0.3 is 15.6 Å². The number of carbonyl (C=O) groups is 1. The van der Waals surface area contributed by atoms with Crippen LogP contribution in [0.3, 0.4) is 0 Å². The fraction of sp³-hybridized carbons (Fsp3) is 0.333. The van der Waals surface area contributed by atoms with E-state index < -0.39 is 6.04 Å². The highest BCUT2D eigenvalue weighted by atomic mass is 16.2. The maximum absolute atomic E-state index is 11.5. The largest absolute Gasteiger partial charge is 0.348 e. The third-order valence-electron chi connectivity index (χ3n) is 3.12. The van der Waals surface area contributed by atoms with Crippen molar-refractivity contribution >= 4 is 5.91 Å². The van der Waals surface area contributed by atoms with Crippen LogP contribution in [0.15, 0.2) is 42.7 Å². The molecule has 1 unspecified atom stereocenters. The summed E-state index contributed by atoms with van der Waals surface area (Å²) in [6, 6.07) is 9.79. The first-order valence-electron chi connectivity index (χ1n) is 6.74. The summed E-state index contributed by atoms with van der Waals surface area (Å²) < 4.78 is 2.05. The molecule has 0 spiro atoms. The van der Waals surface area contributed by atoms with Crippen molar-refractivity contribution in [3.05, 3.63) is 54.1 Å². The van der Waals surface area contributed by atoms with Crippen molar-refractivity contribution in [2.45, 2.75) is 32.5 Å². The molecule has 2 rings (SSSR count). The van der Waals surface area contributed by atoms with Crippen molar-refractivity contribution in [1.29, 1.82) is 0 Å². The van der Waals surface area contributed by atoms with Crippen molar-refractivity contribution < 1.29 is 4.79 Å². The second-order valence-corrected chi connectivity index (χ2v) is 4.78. The molecule has 1 atom stereocenters. The van der Waals surface area contributed by atoms with E-state index in [2.05, 4.69) is 27.0 Å². The van der Waals surface area contributed by atoms with Crippen LogP contribution in [0.1, 0.15) is 18.3 Å². The number of imidazole rings is 1. The van der Waals surface area contributed by atoms with E-state index in [1.807, 2.05) is 24.4 Å². The first-order chi connectivity index (χ1) is 9.66. The molecule has 2 aromatic rings. The minimum absolute atomic E-state index is 0.164. The van der Waals surface area contributed by atoms with Gasteiger partial charge in [-0.1, -0.05) is 30.3 Å². The first kappa shape index (κ1) is 14.3. The number of benzene rings is 1. The quantitative estimate of drug-likeness (QED) is 0.826. The van der Waals surface area contributed by atoms with E-state index in [-0.39, 0.29) is 5.91 Å². The summed E-state index contributed by atoms with van der Waals surface area (Å²) in [6.07, 6.45) is 4.61. The Bertz CT molecular complexity index is 548. The Hall–Kier alpha value is -2.14. The second-order valence-electron chi connectivity index (χ2n) is 4.78. The zero-order valence-corrected chi connectivity index (χ0v) is 11.6. The molecule has 1 aromatic heterocycles. The molecule has 0 radical (unpaired) electrons. The summed E-state index contributed by atoms with van der Waals surface area (Å²) in [5.41, 5.74) is 6.79. The van der Waals surface area contributed by atoms with E-state index in [0.29, 0.717) is 6.54 Å². The average molecular weight is 272 g/mol. The van der Waals surface area contributed by atoms with Crippen molar-refractivity contribution in [2.24, 2.45) is 5.73 Å². The lowest BCUT2D eigenvalue weighted by atomic mass is 10.1. The zero-order chi connectivity index (χ0) is 14.4. The number of aryl methyl sites for hydroxylation is 2. The van der Waals surface area contributed by atoms with Gasteiger partial charge in [-0.05, 0) is 18.9 Å². The van der Waals surface area contributed by atoms with Gasteiger partial charge in [0, 0.05) is 18.9 Å². The van der Waals surface area contributed by atoms with Crippen molar-refractivity contribution in [3.63, 3.8) is 0 Å². The molecule has 0 bridgehead atoms. The van der Waals surface area contributed by atoms with Gasteiger partial charge in [0.05, 0.1) is 12.6 Å². The van der Waals surface area contributed by atoms with E-state index in [0.717, 1.165) is 18.8 Å². The predicted molar refractivity (Wildman–Crippen MR) is 77.9 cm³/mol. The van der Waals surface area contributed by atoms with Crippen LogP contribution in [-0.4, -0.2) is 21.5 Å². The number of hydrogen-bond acceptors (Lipinski definition) is 3. The molecule has 106 valence electrons. The molecule has 0 aliphatic rings. The predicted octanol–water partition coefficient (Wildman–Crippen LogP) is 1.09. The van der Waals surface area contributed by atoms with Gasteiger partial charge >= 0.3 is 0 Å². The summed E-state index contributed by atoms with van der Waals surface area (Å²) in [5.74, 6) is 0.678. The summed E-state index contributed by atoms with van der Waals surface area (Å²) in [6.45, 7) is 2.91. The smallest absolute Gasteiger partial charge is 0.237 e. The van der Waals surface area contributed by atoms with Crippen LogP contribution in [0.5, 0.6) is 0 Å². The van der Waals surface area contributed by atoms with Crippen molar-refractivity contribution in [3.8, 4) is 0 Å². The number of nitrogens with one attached hydrogen (secondary N) is 1. The Kier molecular flexibility index (Phi) is 4.90. The maximum atomic E-state index is 11.5. The highest BCUT2D eigenvalue weighted by molar-refractivity contribution is 5.80. The van der Waals surface area contributed by atoms with E-state index in [1.54, 1.807) is 13.1 Å². The highest BCUT2D eigenvalue weighted by Crippen LogP contribution is 2.04. The fourth-order valence-corrected chi connectivity index (χ4v) is 1.93. The Morgan fingerprint density at radius 1 is 1.40 bits per heavy atom. The molecule has 0 aliphatic carbocycles. The molecule has 0 saturated heterocycles. The molecule has 5 nitrogen and oxygen atoms in total. The normalized spacial score (nSPS) is 12.1. The van der Waals surface area contributed by atoms with Gasteiger partial charge in [0.25, 0.3) is 0 Å². The molecule has 0 fully saturated rings. The van der Waals surface area contributed by atoms with Gasteiger partial charge in [0.1, 0.15) is 5.82 Å². The molecule has 20 heavy (non-hydrogen) atoms. The van der Waals surface area contributed by atoms with Crippen molar-refractivity contribution in [1.82, 2.24) is 14.9 Å². The number of carbonyl (C=O) groups excluding carboxylic acids is 1. The molecule has 1 amide bonds. The van der Waals surface area contributed by atoms with E-state index in [1.165, 1.54) is 5.56 Å². The lowest BCUT2D eigenvalue weighted by Gasteiger charge is -2.10. The Morgan fingerprint density at radius 2 is 2.15 bits per heavy atom. The van der Waals surface area contributed by atoms with E-state index in [9.17, 15) is 4.79 Å². The number of hydrogen-bond donors (Lipinski definition) is 2. The summed E-state index contributed by atoms with van der Waals surface area (Å²) in [4.78, 5) is 15.7.